The van der Waals surface area contributed by atoms with Gasteiger partial charge in [0, 0.05) is 17.6 Å². The van der Waals surface area contributed by atoms with Gasteiger partial charge < -0.3 is 10.1 Å². The van der Waals surface area contributed by atoms with Crippen LogP contribution in [0.5, 0.6) is 0 Å². The minimum Gasteiger partial charge on any atom is -0.365 e. The average molecular weight is 298 g/mol. The number of benzene rings is 1. The van der Waals surface area contributed by atoms with Crippen LogP contribution in [0, 0.1) is 0 Å². The van der Waals surface area contributed by atoms with Crippen molar-refractivity contribution in [1.29, 1.82) is 0 Å². The summed E-state index contributed by atoms with van der Waals surface area (Å²) in [6.07, 6.45) is 2.42. The van der Waals surface area contributed by atoms with Gasteiger partial charge in [0.25, 0.3) is 0 Å². The average Bonchev–Trinajstić information content (AvgIpc) is 2.29. The first-order valence-corrected chi connectivity index (χ1v) is 7.06. The lowest BCUT2D eigenvalue weighted by molar-refractivity contribution is -0.112. The van der Waals surface area contributed by atoms with E-state index in [0.29, 0.717) is 0 Å². The van der Waals surface area contributed by atoms with Crippen molar-refractivity contribution in [3.63, 3.8) is 0 Å². The Kier molecular flexibility index (Phi) is 4.23. The molecule has 1 aliphatic rings. The highest BCUT2D eigenvalue weighted by Gasteiger charge is 2.32. The molecule has 1 aromatic rings. The summed E-state index contributed by atoms with van der Waals surface area (Å²) in [5.41, 5.74) is 1.22. The molecular weight excluding hydrogens is 278 g/mol. The largest absolute Gasteiger partial charge is 0.365 e. The molecule has 1 saturated heterocycles. The molecule has 0 radical (unpaired) electrons. The zero-order chi connectivity index (χ0) is 12.3. The summed E-state index contributed by atoms with van der Waals surface area (Å²) in [7, 11) is 0. The highest BCUT2D eigenvalue weighted by molar-refractivity contribution is 9.10. The molecule has 0 saturated carbocycles. The summed E-state index contributed by atoms with van der Waals surface area (Å²) in [4.78, 5) is 0. The molecule has 0 aliphatic carbocycles. The zero-order valence-electron chi connectivity index (χ0n) is 10.5. The molecule has 94 valence electrons. The number of halogens is 1. The molecule has 0 aromatic heterocycles. The lowest BCUT2D eigenvalue weighted by Gasteiger charge is -2.39. The Labute approximate surface area is 112 Å². The predicted molar refractivity (Wildman–Crippen MR) is 74.2 cm³/mol. The van der Waals surface area contributed by atoms with Crippen molar-refractivity contribution in [1.82, 2.24) is 5.32 Å². The Bertz CT molecular complexity index is 378. The fourth-order valence-corrected chi connectivity index (χ4v) is 2.88. The van der Waals surface area contributed by atoms with E-state index in [1.165, 1.54) is 5.56 Å². The van der Waals surface area contributed by atoms with Crippen molar-refractivity contribution in [3.8, 4) is 0 Å². The third-order valence-corrected chi connectivity index (χ3v) is 3.75. The van der Waals surface area contributed by atoms with Crippen LogP contribution in [0.2, 0.25) is 0 Å². The number of morpholine rings is 1. The first-order valence-electron chi connectivity index (χ1n) is 6.27. The predicted octanol–water partition coefficient (Wildman–Crippen LogP) is 3.67. The molecule has 1 N–H and O–H groups in total. The molecule has 2 rings (SSSR count). The van der Waals surface area contributed by atoms with Gasteiger partial charge in [-0.1, -0.05) is 41.4 Å². The molecule has 2 unspecified atom stereocenters. The van der Waals surface area contributed by atoms with Crippen LogP contribution in [0.3, 0.4) is 0 Å². The monoisotopic (exact) mass is 297 g/mol. The molecule has 0 amide bonds. The molecule has 1 aliphatic heterocycles. The Morgan fingerprint density at radius 1 is 1.53 bits per heavy atom. The molecule has 1 aromatic carbocycles. The van der Waals surface area contributed by atoms with Gasteiger partial charge in [0.05, 0.1) is 11.7 Å². The van der Waals surface area contributed by atoms with E-state index in [1.54, 1.807) is 0 Å². The van der Waals surface area contributed by atoms with E-state index in [1.807, 2.05) is 6.07 Å². The van der Waals surface area contributed by atoms with Crippen LogP contribution >= 0.6 is 15.9 Å². The minimum atomic E-state index is -0.0278. The Balaban J connectivity index is 2.12. The van der Waals surface area contributed by atoms with Gasteiger partial charge in [-0.25, -0.2) is 0 Å². The maximum Gasteiger partial charge on any atom is 0.0957 e. The van der Waals surface area contributed by atoms with Crippen LogP contribution in [0.15, 0.2) is 28.7 Å². The highest BCUT2D eigenvalue weighted by atomic mass is 79.9. The molecule has 3 heteroatoms. The molecule has 17 heavy (non-hydrogen) atoms. The van der Waals surface area contributed by atoms with Gasteiger partial charge in [0.1, 0.15) is 0 Å². The molecule has 0 spiro atoms. The zero-order valence-corrected chi connectivity index (χ0v) is 12.1. The summed E-state index contributed by atoms with van der Waals surface area (Å²) in [5.74, 6) is 0. The van der Waals surface area contributed by atoms with E-state index in [0.717, 1.165) is 30.4 Å². The minimum absolute atomic E-state index is 0.0278. The third kappa shape index (κ3) is 3.30. The topological polar surface area (TPSA) is 21.3 Å². The number of rotatable bonds is 3. The molecule has 2 nitrogen and oxygen atoms in total. The van der Waals surface area contributed by atoms with Gasteiger partial charge in [0.2, 0.25) is 0 Å². The van der Waals surface area contributed by atoms with Crippen molar-refractivity contribution >= 4 is 15.9 Å². The molecular formula is C14H20BrNO. The number of ether oxygens (including phenoxy) is 1. The second-order valence-electron chi connectivity index (χ2n) is 4.99. The van der Waals surface area contributed by atoms with Crippen LogP contribution in [-0.4, -0.2) is 18.7 Å². The van der Waals surface area contributed by atoms with Crippen molar-refractivity contribution in [2.45, 2.75) is 38.4 Å². The summed E-state index contributed by atoms with van der Waals surface area (Å²) < 4.78 is 7.38. The Morgan fingerprint density at radius 2 is 2.35 bits per heavy atom. The van der Waals surface area contributed by atoms with Crippen LogP contribution in [0.1, 0.15) is 38.4 Å². The van der Waals surface area contributed by atoms with Crippen LogP contribution in [0.4, 0.5) is 0 Å². The van der Waals surface area contributed by atoms with Crippen LogP contribution in [0.25, 0.3) is 0 Å². The van der Waals surface area contributed by atoms with Gasteiger partial charge >= 0.3 is 0 Å². The van der Waals surface area contributed by atoms with E-state index >= 15 is 0 Å². The van der Waals surface area contributed by atoms with E-state index in [-0.39, 0.29) is 11.7 Å². The molecule has 2 atom stereocenters. The number of nitrogens with one attached hydrogen (secondary N) is 1. The molecule has 1 fully saturated rings. The SMILES string of the molecule is CCCC1(C)CNCC(c2cccc(Br)c2)O1. The Morgan fingerprint density at radius 3 is 3.06 bits per heavy atom. The van der Waals surface area contributed by atoms with Crippen molar-refractivity contribution in [2.75, 3.05) is 13.1 Å². The second kappa shape index (κ2) is 5.51. The standard InChI is InChI=1S/C14H20BrNO/c1-3-7-14(2)10-16-9-13(17-14)11-5-4-6-12(15)8-11/h4-6,8,13,16H,3,7,9-10H2,1-2H3. The van der Waals surface area contributed by atoms with Gasteiger partial charge in [-0.2, -0.15) is 0 Å². The van der Waals surface area contributed by atoms with E-state index in [9.17, 15) is 0 Å². The van der Waals surface area contributed by atoms with E-state index in [4.69, 9.17) is 4.74 Å². The molecule has 1 heterocycles. The van der Waals surface area contributed by atoms with Crippen molar-refractivity contribution in [3.05, 3.63) is 34.3 Å². The number of hydrogen-bond donors (Lipinski definition) is 1. The lowest BCUT2D eigenvalue weighted by atomic mass is 9.96. The summed E-state index contributed by atoms with van der Waals surface area (Å²) >= 11 is 3.51. The van der Waals surface area contributed by atoms with Crippen molar-refractivity contribution < 1.29 is 4.74 Å². The second-order valence-corrected chi connectivity index (χ2v) is 5.91. The van der Waals surface area contributed by atoms with E-state index in [2.05, 4.69) is 53.3 Å². The van der Waals surface area contributed by atoms with Gasteiger partial charge in [0.15, 0.2) is 0 Å². The summed E-state index contributed by atoms with van der Waals surface area (Å²) in [6, 6.07) is 8.39. The first-order chi connectivity index (χ1) is 8.13. The number of hydrogen-bond acceptors (Lipinski definition) is 2. The van der Waals surface area contributed by atoms with Crippen LogP contribution < -0.4 is 5.32 Å². The Hall–Kier alpha value is -0.380. The molecule has 0 bridgehead atoms. The normalized spacial score (nSPS) is 29.2. The maximum absolute atomic E-state index is 6.27. The fourth-order valence-electron chi connectivity index (χ4n) is 2.46. The first kappa shape index (κ1) is 13.1. The van der Waals surface area contributed by atoms with Crippen LogP contribution in [-0.2, 0) is 4.74 Å². The van der Waals surface area contributed by atoms with Gasteiger partial charge in [-0.05, 0) is 31.0 Å². The summed E-state index contributed by atoms with van der Waals surface area (Å²) in [6.45, 7) is 6.26. The third-order valence-electron chi connectivity index (χ3n) is 3.25. The van der Waals surface area contributed by atoms with E-state index < -0.39 is 0 Å². The smallest absolute Gasteiger partial charge is 0.0957 e. The maximum atomic E-state index is 6.27. The quantitative estimate of drug-likeness (QED) is 0.919. The lowest BCUT2D eigenvalue weighted by Crippen LogP contribution is -2.48. The van der Waals surface area contributed by atoms with Gasteiger partial charge in [-0.15, -0.1) is 0 Å². The fraction of sp³-hybridized carbons (Fsp3) is 0.571. The highest BCUT2D eigenvalue weighted by Crippen LogP contribution is 2.31. The van der Waals surface area contributed by atoms with Gasteiger partial charge in [-0.3, -0.25) is 0 Å². The van der Waals surface area contributed by atoms with Crippen molar-refractivity contribution in [2.24, 2.45) is 0 Å². The summed E-state index contributed by atoms with van der Waals surface area (Å²) in [5, 5.41) is 3.49.